The topological polar surface area (TPSA) is 109 Å². The van der Waals surface area contributed by atoms with Crippen molar-refractivity contribution in [3.63, 3.8) is 0 Å². The lowest BCUT2D eigenvalue weighted by molar-refractivity contribution is -0.124. The Hall–Kier alpha value is -4.04. The van der Waals surface area contributed by atoms with Crippen molar-refractivity contribution in [1.82, 2.24) is 20.5 Å². The van der Waals surface area contributed by atoms with Crippen LogP contribution in [0.4, 0.5) is 0 Å². The molecule has 3 N–H and O–H groups in total. The fraction of sp³-hybridized carbons (Fsp3) is 0. The van der Waals surface area contributed by atoms with Crippen molar-refractivity contribution in [3.05, 3.63) is 90.0 Å². The van der Waals surface area contributed by atoms with Gasteiger partial charge in [-0.25, -0.2) is 15.9 Å². The fourth-order valence-electron chi connectivity index (χ4n) is 2.37. The smallest absolute Gasteiger partial charge is 0.271 e. The summed E-state index contributed by atoms with van der Waals surface area (Å²) in [6, 6.07) is 14.2. The van der Waals surface area contributed by atoms with Crippen LogP contribution in [0.1, 0.15) is 21.5 Å². The Kier molecular flexibility index (Phi) is 6.06. The number of hydroxylamine groups is 1. The first-order valence-electron chi connectivity index (χ1n) is 8.30. The van der Waals surface area contributed by atoms with E-state index in [9.17, 15) is 9.59 Å². The molecule has 2 aromatic carbocycles. The van der Waals surface area contributed by atoms with Gasteiger partial charge in [0.2, 0.25) is 0 Å². The maximum Gasteiger partial charge on any atom is 0.271 e. The second-order valence-electron chi connectivity index (χ2n) is 5.70. The number of amides is 2. The monoisotopic (exact) mass is 375 g/mol. The number of nitrogens with zero attached hydrogens (tertiary/aromatic N) is 3. The summed E-state index contributed by atoms with van der Waals surface area (Å²) in [5.74, 6) is -1.04. The summed E-state index contributed by atoms with van der Waals surface area (Å²) in [5, 5.41) is 12.4. The molecule has 8 heteroatoms. The van der Waals surface area contributed by atoms with Crippen LogP contribution in [0.3, 0.4) is 0 Å². The largest absolute Gasteiger partial charge is 0.306 e. The van der Waals surface area contributed by atoms with Crippen LogP contribution in [0.25, 0.3) is 11.8 Å². The standard InChI is InChI=1S/C20H17N5O3/c26-19(24-28)9-6-15-2-1-3-17(12-15)20(27)23-22-13-16-4-7-18(8-5-16)25-11-10-21-14-25/h1-14,28H,(H,23,27)(H,24,26)/b9-6+,22-13+. The molecule has 0 unspecified atom stereocenters. The molecule has 3 rings (SSSR count). The molecule has 0 aliphatic carbocycles. The van der Waals surface area contributed by atoms with Crippen molar-refractivity contribution in [2.45, 2.75) is 0 Å². The molecule has 2 amide bonds. The van der Waals surface area contributed by atoms with Crippen molar-refractivity contribution >= 4 is 24.1 Å². The number of benzene rings is 2. The molecule has 1 heterocycles. The molecule has 8 nitrogen and oxygen atoms in total. The van der Waals surface area contributed by atoms with Gasteiger partial charge >= 0.3 is 0 Å². The maximum atomic E-state index is 12.2. The number of aromatic nitrogens is 2. The van der Waals surface area contributed by atoms with E-state index in [0.717, 1.165) is 17.3 Å². The first-order chi connectivity index (χ1) is 13.7. The molecule has 0 radical (unpaired) electrons. The summed E-state index contributed by atoms with van der Waals surface area (Å²) < 4.78 is 1.88. The summed E-state index contributed by atoms with van der Waals surface area (Å²) in [6.07, 6.45) is 9.45. The van der Waals surface area contributed by atoms with Crippen LogP contribution in [0, 0.1) is 0 Å². The molecule has 0 bridgehead atoms. The van der Waals surface area contributed by atoms with E-state index in [1.165, 1.54) is 11.6 Å². The number of hydrazone groups is 1. The molecule has 0 saturated carbocycles. The zero-order chi connectivity index (χ0) is 19.8. The van der Waals surface area contributed by atoms with Gasteiger partial charge in [-0.1, -0.05) is 24.3 Å². The number of carbonyl (C=O) groups is 2. The zero-order valence-electron chi connectivity index (χ0n) is 14.7. The minimum atomic E-state index is -0.654. The van der Waals surface area contributed by atoms with Gasteiger partial charge in [0.15, 0.2) is 0 Å². The number of carbonyl (C=O) groups excluding carboxylic acids is 2. The Labute approximate surface area is 160 Å². The lowest BCUT2D eigenvalue weighted by Gasteiger charge is -2.03. The van der Waals surface area contributed by atoms with Crippen LogP contribution >= 0.6 is 0 Å². The molecule has 0 saturated heterocycles. The van der Waals surface area contributed by atoms with Crippen LogP contribution in [0.5, 0.6) is 0 Å². The lowest BCUT2D eigenvalue weighted by atomic mass is 10.1. The Bertz CT molecular complexity index is 1010. The third kappa shape index (κ3) is 4.99. The average molecular weight is 375 g/mol. The highest BCUT2D eigenvalue weighted by atomic mass is 16.5. The minimum Gasteiger partial charge on any atom is -0.306 e. The molecule has 0 fully saturated rings. The summed E-state index contributed by atoms with van der Waals surface area (Å²) in [7, 11) is 0. The van der Waals surface area contributed by atoms with Gasteiger partial charge in [0, 0.05) is 29.7 Å². The predicted molar refractivity (Wildman–Crippen MR) is 104 cm³/mol. The second kappa shape index (κ2) is 9.06. The maximum absolute atomic E-state index is 12.2. The van der Waals surface area contributed by atoms with E-state index >= 15 is 0 Å². The van der Waals surface area contributed by atoms with Crippen molar-refractivity contribution in [2.24, 2.45) is 5.10 Å². The van der Waals surface area contributed by atoms with Gasteiger partial charge in [0.25, 0.3) is 11.8 Å². The third-order valence-electron chi connectivity index (χ3n) is 3.76. The number of hydrogen-bond donors (Lipinski definition) is 3. The first-order valence-corrected chi connectivity index (χ1v) is 8.30. The highest BCUT2D eigenvalue weighted by Crippen LogP contribution is 2.09. The van der Waals surface area contributed by atoms with E-state index in [4.69, 9.17) is 5.21 Å². The van der Waals surface area contributed by atoms with Crippen molar-refractivity contribution in [2.75, 3.05) is 0 Å². The van der Waals surface area contributed by atoms with Gasteiger partial charge < -0.3 is 4.57 Å². The number of imidazole rings is 1. The molecule has 0 aliphatic heterocycles. The van der Waals surface area contributed by atoms with Crippen LogP contribution in [0.15, 0.2) is 78.4 Å². The summed E-state index contributed by atoms with van der Waals surface area (Å²) in [4.78, 5) is 27.2. The molecular formula is C20H17N5O3. The molecule has 28 heavy (non-hydrogen) atoms. The minimum absolute atomic E-state index is 0.381. The van der Waals surface area contributed by atoms with Crippen LogP contribution < -0.4 is 10.9 Å². The highest BCUT2D eigenvalue weighted by Gasteiger charge is 2.04. The molecule has 3 aromatic rings. The molecule has 0 aliphatic rings. The lowest BCUT2D eigenvalue weighted by Crippen LogP contribution is -2.17. The van der Waals surface area contributed by atoms with Crippen molar-refractivity contribution in [3.8, 4) is 5.69 Å². The van der Waals surface area contributed by atoms with Crippen molar-refractivity contribution < 1.29 is 14.8 Å². The van der Waals surface area contributed by atoms with Gasteiger partial charge in [0.05, 0.1) is 12.5 Å². The average Bonchev–Trinajstić information content (AvgIpc) is 3.27. The molecule has 1 aromatic heterocycles. The van der Waals surface area contributed by atoms with Crippen molar-refractivity contribution in [1.29, 1.82) is 0 Å². The van der Waals surface area contributed by atoms with Gasteiger partial charge in [-0.15, -0.1) is 0 Å². The molecule has 0 atom stereocenters. The predicted octanol–water partition coefficient (Wildman–Crippen LogP) is 2.15. The van der Waals surface area contributed by atoms with E-state index in [0.29, 0.717) is 11.1 Å². The number of hydrogen-bond acceptors (Lipinski definition) is 5. The zero-order valence-corrected chi connectivity index (χ0v) is 14.7. The SMILES string of the molecule is O=C(/C=C/c1cccc(C(=O)N/N=C/c2ccc(-n3ccnc3)cc2)c1)NO. The van der Waals surface area contributed by atoms with E-state index in [1.54, 1.807) is 43.0 Å². The van der Waals surface area contributed by atoms with E-state index in [2.05, 4.69) is 15.5 Å². The van der Waals surface area contributed by atoms with Crippen LogP contribution in [0.2, 0.25) is 0 Å². The van der Waals surface area contributed by atoms with Gasteiger partial charge in [-0.2, -0.15) is 5.10 Å². The molecule has 140 valence electrons. The number of nitrogens with one attached hydrogen (secondary N) is 2. The third-order valence-corrected chi connectivity index (χ3v) is 3.76. The summed E-state index contributed by atoms with van der Waals surface area (Å²) in [5.41, 5.74) is 6.79. The Morgan fingerprint density at radius 2 is 1.93 bits per heavy atom. The summed E-state index contributed by atoms with van der Waals surface area (Å²) >= 11 is 0. The summed E-state index contributed by atoms with van der Waals surface area (Å²) in [6.45, 7) is 0. The Morgan fingerprint density at radius 1 is 1.11 bits per heavy atom. The van der Waals surface area contributed by atoms with Gasteiger partial charge in [-0.05, 0) is 41.5 Å². The first kappa shape index (κ1) is 18.7. The van der Waals surface area contributed by atoms with E-state index in [-0.39, 0.29) is 5.91 Å². The Balaban J connectivity index is 1.60. The molecular weight excluding hydrogens is 358 g/mol. The fourth-order valence-corrected chi connectivity index (χ4v) is 2.37. The van der Waals surface area contributed by atoms with Crippen LogP contribution in [-0.4, -0.2) is 32.8 Å². The highest BCUT2D eigenvalue weighted by molar-refractivity contribution is 5.96. The van der Waals surface area contributed by atoms with Gasteiger partial charge in [-0.3, -0.25) is 14.8 Å². The normalized spacial score (nSPS) is 11.0. The van der Waals surface area contributed by atoms with Crippen LogP contribution in [-0.2, 0) is 4.79 Å². The number of rotatable bonds is 6. The van der Waals surface area contributed by atoms with Gasteiger partial charge in [0.1, 0.15) is 0 Å². The second-order valence-corrected chi connectivity index (χ2v) is 5.70. The molecule has 0 spiro atoms. The van der Waals surface area contributed by atoms with E-state index in [1.807, 2.05) is 35.0 Å². The Morgan fingerprint density at radius 3 is 2.64 bits per heavy atom. The van der Waals surface area contributed by atoms with E-state index < -0.39 is 5.91 Å². The quantitative estimate of drug-likeness (QED) is 0.265.